The second kappa shape index (κ2) is 10.0. The van der Waals surface area contributed by atoms with Crippen molar-refractivity contribution in [2.45, 2.75) is 0 Å². The van der Waals surface area contributed by atoms with Crippen molar-refractivity contribution in [1.29, 1.82) is 0 Å². The standard InChI is InChI=1S/C37H26N2O/c40-37-34-19-11-10-18-33(34)35-26-28(22-25-36(35)39(37)31-16-8-3-9-17-31)27-20-23-32(24-21-27)38(29-12-4-1-5-13-29)30-14-6-2-7-15-30/h1-26H. The molecule has 0 saturated carbocycles. The maximum atomic E-state index is 13.6. The first-order valence-corrected chi connectivity index (χ1v) is 13.4. The van der Waals surface area contributed by atoms with Gasteiger partial charge in [0.25, 0.3) is 5.56 Å². The fraction of sp³-hybridized carbons (Fsp3) is 0. The number of anilines is 3. The highest BCUT2D eigenvalue weighted by molar-refractivity contribution is 6.07. The highest BCUT2D eigenvalue weighted by Gasteiger charge is 2.15. The second-order valence-corrected chi connectivity index (χ2v) is 9.81. The van der Waals surface area contributed by atoms with E-state index in [0.29, 0.717) is 5.39 Å². The molecule has 0 aliphatic heterocycles. The van der Waals surface area contributed by atoms with Gasteiger partial charge in [-0.15, -0.1) is 0 Å². The van der Waals surface area contributed by atoms with Crippen molar-refractivity contribution in [2.24, 2.45) is 0 Å². The van der Waals surface area contributed by atoms with Gasteiger partial charge in [-0.25, -0.2) is 0 Å². The zero-order valence-corrected chi connectivity index (χ0v) is 21.8. The van der Waals surface area contributed by atoms with E-state index in [9.17, 15) is 4.79 Å². The molecule has 0 radical (unpaired) electrons. The predicted octanol–water partition coefficient (Wildman–Crippen LogP) is 9.28. The summed E-state index contributed by atoms with van der Waals surface area (Å²) < 4.78 is 1.82. The molecule has 0 aliphatic rings. The van der Waals surface area contributed by atoms with Crippen molar-refractivity contribution in [1.82, 2.24) is 4.57 Å². The monoisotopic (exact) mass is 514 g/mol. The number of fused-ring (bicyclic) bond motifs is 3. The summed E-state index contributed by atoms with van der Waals surface area (Å²) in [5, 5.41) is 2.73. The van der Waals surface area contributed by atoms with Crippen LogP contribution in [0.2, 0.25) is 0 Å². The van der Waals surface area contributed by atoms with Crippen LogP contribution in [0, 0.1) is 0 Å². The number of aromatic nitrogens is 1. The minimum Gasteiger partial charge on any atom is -0.311 e. The van der Waals surface area contributed by atoms with Crippen LogP contribution < -0.4 is 10.5 Å². The van der Waals surface area contributed by atoms with Gasteiger partial charge in [-0.2, -0.15) is 0 Å². The third-order valence-corrected chi connectivity index (χ3v) is 7.39. The lowest BCUT2D eigenvalue weighted by Gasteiger charge is -2.25. The first kappa shape index (κ1) is 23.7. The van der Waals surface area contributed by atoms with Crippen molar-refractivity contribution < 1.29 is 0 Å². The number of para-hydroxylation sites is 3. The Hall–Kier alpha value is -5.41. The number of benzene rings is 6. The van der Waals surface area contributed by atoms with Crippen LogP contribution in [0.3, 0.4) is 0 Å². The molecule has 7 aromatic rings. The van der Waals surface area contributed by atoms with Gasteiger partial charge < -0.3 is 4.90 Å². The minimum atomic E-state index is -0.00619. The van der Waals surface area contributed by atoms with Crippen LogP contribution >= 0.6 is 0 Å². The largest absolute Gasteiger partial charge is 0.311 e. The van der Waals surface area contributed by atoms with Crippen molar-refractivity contribution >= 4 is 38.7 Å². The zero-order valence-electron chi connectivity index (χ0n) is 21.8. The molecule has 190 valence electrons. The summed E-state index contributed by atoms with van der Waals surface area (Å²) in [4.78, 5) is 15.9. The molecule has 0 spiro atoms. The second-order valence-electron chi connectivity index (χ2n) is 9.81. The average molecular weight is 515 g/mol. The lowest BCUT2D eigenvalue weighted by molar-refractivity contribution is 1.06. The third-order valence-electron chi connectivity index (χ3n) is 7.39. The van der Waals surface area contributed by atoms with Crippen molar-refractivity contribution in [2.75, 3.05) is 4.90 Å². The summed E-state index contributed by atoms with van der Waals surface area (Å²) in [6.45, 7) is 0. The Bertz CT molecular complexity index is 1960. The summed E-state index contributed by atoms with van der Waals surface area (Å²) in [5.74, 6) is 0. The third kappa shape index (κ3) is 4.14. The van der Waals surface area contributed by atoms with Gasteiger partial charge in [-0.05, 0) is 83.2 Å². The molecule has 0 saturated heterocycles. The topological polar surface area (TPSA) is 25.2 Å². The molecule has 0 unspecified atom stereocenters. The molecule has 0 amide bonds. The van der Waals surface area contributed by atoms with E-state index in [2.05, 4.69) is 95.9 Å². The van der Waals surface area contributed by atoms with Crippen LogP contribution in [-0.4, -0.2) is 4.57 Å². The highest BCUT2D eigenvalue weighted by Crippen LogP contribution is 2.36. The fourth-order valence-electron chi connectivity index (χ4n) is 5.50. The highest BCUT2D eigenvalue weighted by atomic mass is 16.1. The van der Waals surface area contributed by atoms with E-state index in [-0.39, 0.29) is 5.56 Å². The summed E-state index contributed by atoms with van der Waals surface area (Å²) in [6, 6.07) is 53.6. The van der Waals surface area contributed by atoms with Crippen molar-refractivity contribution in [3.8, 4) is 16.8 Å². The van der Waals surface area contributed by atoms with Gasteiger partial charge in [0.1, 0.15) is 0 Å². The van der Waals surface area contributed by atoms with Crippen LogP contribution in [0.1, 0.15) is 0 Å². The first-order chi connectivity index (χ1) is 19.8. The molecule has 3 heteroatoms. The normalized spacial score (nSPS) is 11.1. The van der Waals surface area contributed by atoms with E-state index in [0.717, 1.165) is 50.2 Å². The van der Waals surface area contributed by atoms with Crippen LogP contribution in [0.15, 0.2) is 163 Å². The molecule has 40 heavy (non-hydrogen) atoms. The summed E-state index contributed by atoms with van der Waals surface area (Å²) in [6.07, 6.45) is 0. The quantitative estimate of drug-likeness (QED) is 0.214. The van der Waals surface area contributed by atoms with E-state index in [1.165, 1.54) is 0 Å². The number of hydrogen-bond acceptors (Lipinski definition) is 2. The van der Waals surface area contributed by atoms with E-state index in [1.54, 1.807) is 0 Å². The van der Waals surface area contributed by atoms with E-state index in [4.69, 9.17) is 0 Å². The number of pyridine rings is 1. The van der Waals surface area contributed by atoms with Gasteiger partial charge in [-0.3, -0.25) is 9.36 Å². The average Bonchev–Trinajstić information content (AvgIpc) is 3.03. The van der Waals surface area contributed by atoms with Gasteiger partial charge >= 0.3 is 0 Å². The molecule has 0 N–H and O–H groups in total. The molecule has 3 nitrogen and oxygen atoms in total. The Labute approximate surface area is 232 Å². The summed E-state index contributed by atoms with van der Waals surface area (Å²) in [7, 11) is 0. The SMILES string of the molecule is O=c1c2ccccc2c2cc(-c3ccc(N(c4ccccc4)c4ccccc4)cc3)ccc2n1-c1ccccc1. The number of hydrogen-bond donors (Lipinski definition) is 0. The van der Waals surface area contributed by atoms with Gasteiger partial charge in [0, 0.05) is 33.5 Å². The Balaban J connectivity index is 1.36. The Morgan fingerprint density at radius 3 is 1.55 bits per heavy atom. The molecular weight excluding hydrogens is 488 g/mol. The molecule has 0 atom stereocenters. The fourth-order valence-corrected chi connectivity index (χ4v) is 5.50. The van der Waals surface area contributed by atoms with Crippen LogP contribution in [0.5, 0.6) is 0 Å². The molecule has 1 heterocycles. The molecule has 1 aromatic heterocycles. The van der Waals surface area contributed by atoms with Crippen molar-refractivity contribution in [3.05, 3.63) is 168 Å². The Morgan fingerprint density at radius 2 is 0.925 bits per heavy atom. The molecular formula is C37H26N2O. The van der Waals surface area contributed by atoms with E-state index in [1.807, 2.05) is 71.3 Å². The number of rotatable bonds is 5. The van der Waals surface area contributed by atoms with Crippen LogP contribution in [-0.2, 0) is 0 Å². The van der Waals surface area contributed by atoms with Gasteiger partial charge in [0.15, 0.2) is 0 Å². The van der Waals surface area contributed by atoms with Gasteiger partial charge in [0.05, 0.1) is 5.52 Å². The Kier molecular flexibility index (Phi) is 5.95. The lowest BCUT2D eigenvalue weighted by atomic mass is 9.99. The summed E-state index contributed by atoms with van der Waals surface area (Å²) in [5.41, 5.74) is 7.28. The summed E-state index contributed by atoms with van der Waals surface area (Å²) >= 11 is 0. The maximum Gasteiger partial charge on any atom is 0.263 e. The van der Waals surface area contributed by atoms with E-state index >= 15 is 0 Å². The van der Waals surface area contributed by atoms with Gasteiger partial charge in [-0.1, -0.05) is 91.0 Å². The molecule has 0 bridgehead atoms. The molecule has 7 rings (SSSR count). The molecule has 0 aliphatic carbocycles. The maximum absolute atomic E-state index is 13.6. The Morgan fingerprint density at radius 1 is 0.425 bits per heavy atom. The first-order valence-electron chi connectivity index (χ1n) is 13.4. The van der Waals surface area contributed by atoms with Gasteiger partial charge in [0.2, 0.25) is 0 Å². The lowest BCUT2D eigenvalue weighted by Crippen LogP contribution is -2.19. The molecule has 6 aromatic carbocycles. The molecule has 0 fully saturated rings. The van der Waals surface area contributed by atoms with E-state index < -0.39 is 0 Å². The van der Waals surface area contributed by atoms with Crippen LogP contribution in [0.25, 0.3) is 38.5 Å². The minimum absolute atomic E-state index is 0.00619. The smallest absolute Gasteiger partial charge is 0.263 e. The van der Waals surface area contributed by atoms with Crippen LogP contribution in [0.4, 0.5) is 17.1 Å². The number of nitrogens with zero attached hydrogens (tertiary/aromatic N) is 2. The van der Waals surface area contributed by atoms with Crippen molar-refractivity contribution in [3.63, 3.8) is 0 Å². The predicted molar refractivity (Wildman–Crippen MR) is 167 cm³/mol. The zero-order chi connectivity index (χ0) is 26.9.